The molecule has 2 bridgehead atoms. The molecule has 0 aromatic heterocycles. The van der Waals surface area contributed by atoms with Gasteiger partial charge in [0.2, 0.25) is 5.79 Å². The second-order valence-corrected chi connectivity index (χ2v) is 19.8. The maximum atomic E-state index is 14.4. The quantitative estimate of drug-likeness (QED) is 0.118. The Morgan fingerprint density at radius 1 is 0.866 bits per heavy atom. The number of ketones is 3. The minimum absolute atomic E-state index is 0.0117. The Balaban J connectivity index is 1.70. The molecule has 4 rings (SSSR count). The first kappa shape index (κ1) is 55.7. The van der Waals surface area contributed by atoms with E-state index in [4.69, 9.17) is 28.4 Å². The van der Waals surface area contributed by atoms with E-state index >= 15 is 0 Å². The average Bonchev–Trinajstić information content (AvgIpc) is 3.30. The van der Waals surface area contributed by atoms with E-state index in [2.05, 4.69) is 0 Å². The second kappa shape index (κ2) is 26.2. The number of fused-ring (bicyclic) bond motifs is 3. The molecule has 1 saturated carbocycles. The van der Waals surface area contributed by atoms with Crippen LogP contribution in [0.15, 0.2) is 47.6 Å². The van der Waals surface area contributed by atoms with Gasteiger partial charge in [0, 0.05) is 58.5 Å². The van der Waals surface area contributed by atoms with Crippen LogP contribution in [0.25, 0.3) is 0 Å². The third-order valence-corrected chi connectivity index (χ3v) is 14.7. The Labute approximate surface area is 398 Å². The number of Topliss-reactive ketones (excluding diaryl/α,β-unsaturated/α-hetero) is 3. The number of cyclic esters (lactones) is 1. The van der Waals surface area contributed by atoms with Gasteiger partial charge in [0.25, 0.3) is 18.2 Å². The number of piperidine rings is 1. The molecule has 4 aliphatic rings. The van der Waals surface area contributed by atoms with E-state index in [1.807, 2.05) is 58.1 Å². The molecule has 15 heteroatoms. The lowest BCUT2D eigenvalue weighted by Gasteiger charge is -2.42. The third-order valence-electron chi connectivity index (χ3n) is 14.7. The number of ether oxygens (including phenoxy) is 6. The van der Waals surface area contributed by atoms with Gasteiger partial charge in [0.15, 0.2) is 5.78 Å². The largest absolute Gasteiger partial charge is 0.462 e. The molecule has 0 aromatic carbocycles. The predicted octanol–water partition coefficient (Wildman–Crippen LogP) is 6.36. The summed E-state index contributed by atoms with van der Waals surface area (Å²) in [5.74, 6) is -8.14. The summed E-state index contributed by atoms with van der Waals surface area (Å²) in [7, 11) is 4.51. The number of hydrogen-bond acceptors (Lipinski definition) is 14. The highest BCUT2D eigenvalue weighted by Crippen LogP contribution is 2.38. The van der Waals surface area contributed by atoms with Crippen LogP contribution in [-0.4, -0.2) is 133 Å². The van der Waals surface area contributed by atoms with Crippen LogP contribution in [0, 0.1) is 35.5 Å². The van der Waals surface area contributed by atoms with Crippen molar-refractivity contribution in [1.82, 2.24) is 4.90 Å². The Bertz CT molecular complexity index is 1820. The van der Waals surface area contributed by atoms with Crippen LogP contribution in [0.2, 0.25) is 0 Å². The van der Waals surface area contributed by atoms with Crippen molar-refractivity contribution in [3.63, 3.8) is 0 Å². The van der Waals surface area contributed by atoms with Gasteiger partial charge in [-0.25, -0.2) is 4.79 Å². The van der Waals surface area contributed by atoms with Crippen LogP contribution in [0.4, 0.5) is 0 Å². The number of nitrogens with zero attached hydrogens (tertiary/aromatic N) is 1. The van der Waals surface area contributed by atoms with Crippen LogP contribution in [-0.2, 0) is 57.2 Å². The molecule has 0 unspecified atom stereocenters. The first-order chi connectivity index (χ1) is 31.8. The van der Waals surface area contributed by atoms with Crippen molar-refractivity contribution in [3.05, 3.63) is 47.6 Å². The maximum Gasteiger partial charge on any atom is 0.329 e. The van der Waals surface area contributed by atoms with E-state index in [9.17, 15) is 39.0 Å². The molecule has 15 atom stereocenters. The molecule has 0 radical (unpaired) electrons. The highest BCUT2D eigenvalue weighted by atomic mass is 16.6. The number of aliphatic hydroxyl groups excluding tert-OH is 1. The minimum atomic E-state index is -2.44. The fourth-order valence-corrected chi connectivity index (χ4v) is 10.3. The molecule has 67 heavy (non-hydrogen) atoms. The lowest BCUT2D eigenvalue weighted by Crippen LogP contribution is -2.61. The summed E-state index contributed by atoms with van der Waals surface area (Å²) in [4.78, 5) is 83.1. The molecule has 3 heterocycles. The van der Waals surface area contributed by atoms with E-state index in [1.165, 1.54) is 12.0 Å². The molecule has 376 valence electrons. The molecule has 2 saturated heterocycles. The number of carbonyl (C=O) groups is 6. The van der Waals surface area contributed by atoms with Gasteiger partial charge in [-0.05, 0) is 107 Å². The fourth-order valence-electron chi connectivity index (χ4n) is 10.3. The topological polar surface area (TPSA) is 201 Å². The summed E-state index contributed by atoms with van der Waals surface area (Å²) < 4.78 is 34.8. The Hall–Kier alpha value is -3.86. The number of hydrogen-bond donors (Lipinski definition) is 2. The zero-order valence-corrected chi connectivity index (χ0v) is 41.6. The fraction of sp³-hybridized carbons (Fsp3) is 0.731. The standard InChI is InChI=1S/C52H79NO14/c1-31-16-12-11-13-17-32(2)43(62-8)28-39-21-19-37(7)52(61,67-39)49(58)50(59)53-23-15-14-18-40(53)51(60)66-44(34(4)26-38-20-22-42(65-30-54)45(27-38)63-9)29-41(55)33(3)25-36(6)47(57)48(64-10)46(56)35(5)24-31/h11-13,16-17,25,30-31,33-35,37-40,42-45,47-48,57,61H,14-15,18-24,26-29H2,1-10H3/b13-11+,16-12+,32-17+,36-25+/t31-,33-,34-,35-,37-,38+,39+,40+,42-,43+,44+,45-,47-,48+,52-/m1/s1. The van der Waals surface area contributed by atoms with Crippen LogP contribution in [0.3, 0.4) is 0 Å². The summed E-state index contributed by atoms with van der Waals surface area (Å²) in [5.41, 5.74) is 1.25. The number of carbonyl (C=O) groups excluding carboxylic acids is 6. The van der Waals surface area contributed by atoms with Crippen molar-refractivity contribution in [2.45, 2.75) is 180 Å². The van der Waals surface area contributed by atoms with Crippen LogP contribution in [0.5, 0.6) is 0 Å². The van der Waals surface area contributed by atoms with E-state index in [1.54, 1.807) is 41.1 Å². The second-order valence-electron chi connectivity index (χ2n) is 19.8. The van der Waals surface area contributed by atoms with E-state index < -0.39 is 77.8 Å². The number of rotatable bonds is 8. The monoisotopic (exact) mass is 942 g/mol. The van der Waals surface area contributed by atoms with Crippen molar-refractivity contribution in [1.29, 1.82) is 0 Å². The average molecular weight is 942 g/mol. The number of amides is 1. The first-order valence-electron chi connectivity index (χ1n) is 24.4. The Morgan fingerprint density at radius 2 is 1.60 bits per heavy atom. The molecule has 1 amide bonds. The molecule has 0 aromatic rings. The molecular formula is C52H79NO14. The molecule has 3 fully saturated rings. The summed E-state index contributed by atoms with van der Waals surface area (Å²) in [5, 5.41) is 23.4. The van der Waals surface area contributed by atoms with Gasteiger partial charge in [-0.15, -0.1) is 0 Å². The molecule has 1 aliphatic carbocycles. The van der Waals surface area contributed by atoms with Crippen molar-refractivity contribution in [2.24, 2.45) is 35.5 Å². The number of methoxy groups -OCH3 is 3. The SMILES string of the molecule is CO[C@H]1C[C@@H]2CC[C@@H](C)[C@@](O)(O2)C(=O)C(=O)N2CCCC[C@H]2C(=O)O[C@H]([C@H](C)C[C@@H]2CC[C@@H](OC=O)[C@H](OC)C2)CC(=O)[C@H](C)/C=C(\C)[C@@H](O)[C@@H](OC)C(=O)[C@H](C)C[C@H](C)/C=C/C=C/C=C/1C. The van der Waals surface area contributed by atoms with E-state index in [0.29, 0.717) is 76.3 Å². The van der Waals surface area contributed by atoms with E-state index in [0.717, 1.165) is 5.57 Å². The van der Waals surface area contributed by atoms with Crippen LogP contribution in [0.1, 0.15) is 126 Å². The number of aliphatic hydroxyl groups is 2. The zero-order chi connectivity index (χ0) is 49.6. The third kappa shape index (κ3) is 14.8. The van der Waals surface area contributed by atoms with Gasteiger partial charge in [-0.2, -0.15) is 0 Å². The highest BCUT2D eigenvalue weighted by Gasteiger charge is 2.53. The van der Waals surface area contributed by atoms with Crippen molar-refractivity contribution < 1.29 is 67.4 Å². The molecular weight excluding hydrogens is 863 g/mol. The number of allylic oxidation sites excluding steroid dienone is 6. The maximum absolute atomic E-state index is 14.4. The lowest BCUT2D eigenvalue weighted by molar-refractivity contribution is -0.265. The Morgan fingerprint density at radius 3 is 2.27 bits per heavy atom. The van der Waals surface area contributed by atoms with Gasteiger partial charge in [-0.3, -0.25) is 24.0 Å². The smallest absolute Gasteiger partial charge is 0.329 e. The summed E-state index contributed by atoms with van der Waals surface area (Å²) in [6.07, 6.45) is 11.2. The normalized spacial score (nSPS) is 39.4. The highest BCUT2D eigenvalue weighted by molar-refractivity contribution is 6.39. The number of esters is 1. The van der Waals surface area contributed by atoms with Gasteiger partial charge < -0.3 is 43.5 Å². The molecule has 15 nitrogen and oxygen atoms in total. The summed E-state index contributed by atoms with van der Waals surface area (Å²) in [6.45, 7) is 13.1. The van der Waals surface area contributed by atoms with Gasteiger partial charge in [0.05, 0.1) is 18.3 Å². The van der Waals surface area contributed by atoms with Crippen LogP contribution >= 0.6 is 0 Å². The molecule has 3 aliphatic heterocycles. The first-order valence-corrected chi connectivity index (χ1v) is 24.4. The minimum Gasteiger partial charge on any atom is -0.462 e. The Kier molecular flexibility index (Phi) is 21.8. The summed E-state index contributed by atoms with van der Waals surface area (Å²) in [6, 6.07) is -1.16. The van der Waals surface area contributed by atoms with Gasteiger partial charge >= 0.3 is 5.97 Å². The van der Waals surface area contributed by atoms with Crippen molar-refractivity contribution >= 4 is 35.7 Å². The van der Waals surface area contributed by atoms with Crippen molar-refractivity contribution in [2.75, 3.05) is 27.9 Å². The van der Waals surface area contributed by atoms with Crippen molar-refractivity contribution in [3.8, 4) is 0 Å². The van der Waals surface area contributed by atoms with E-state index in [-0.39, 0.29) is 60.9 Å². The van der Waals surface area contributed by atoms with Gasteiger partial charge in [-0.1, -0.05) is 71.1 Å². The van der Waals surface area contributed by atoms with Gasteiger partial charge in [0.1, 0.15) is 36.2 Å². The zero-order valence-electron chi connectivity index (χ0n) is 41.6. The predicted molar refractivity (Wildman–Crippen MR) is 250 cm³/mol. The molecule has 2 N–H and O–H groups in total. The van der Waals surface area contributed by atoms with Crippen LogP contribution < -0.4 is 0 Å². The lowest BCUT2D eigenvalue weighted by atomic mass is 9.78. The summed E-state index contributed by atoms with van der Waals surface area (Å²) >= 11 is 0. The molecule has 0 spiro atoms.